The van der Waals surface area contributed by atoms with Crippen LogP contribution in [0.2, 0.25) is 0 Å². The third kappa shape index (κ3) is 2.99. The summed E-state index contributed by atoms with van der Waals surface area (Å²) >= 11 is 0. The normalized spacial score (nSPS) is 46.6. The van der Waals surface area contributed by atoms with Gasteiger partial charge in [0.25, 0.3) is 0 Å². The van der Waals surface area contributed by atoms with Crippen molar-refractivity contribution in [3.63, 3.8) is 0 Å². The Kier molecular flexibility index (Phi) is 5.33. The fourth-order valence-electron chi connectivity index (χ4n) is 6.68. The number of halogens is 3. The quantitative estimate of drug-likeness (QED) is 0.396. The number of aliphatic hydroxyl groups is 1. The number of alkyl halides is 3. The van der Waals surface area contributed by atoms with Crippen LogP contribution < -0.4 is 0 Å². The van der Waals surface area contributed by atoms with Crippen molar-refractivity contribution >= 4 is 11.8 Å². The Labute approximate surface area is 175 Å². The van der Waals surface area contributed by atoms with E-state index in [4.69, 9.17) is 4.74 Å². The van der Waals surface area contributed by atoms with E-state index in [9.17, 15) is 27.9 Å². The summed E-state index contributed by atoms with van der Waals surface area (Å²) in [6.07, 6.45) is -4.12. The molecular formula is C23H31F3O4. The number of carbonyl (C=O) groups is 2. The van der Waals surface area contributed by atoms with Crippen LogP contribution in [0.3, 0.4) is 0 Å². The number of carbonyl (C=O) groups excluding carboxylic acids is 2. The monoisotopic (exact) mass is 428 g/mol. The molecular weight excluding hydrogens is 397 g/mol. The lowest BCUT2D eigenvalue weighted by Crippen LogP contribution is -2.63. The van der Waals surface area contributed by atoms with Gasteiger partial charge in [0, 0.05) is 22.7 Å². The number of Topliss-reactive ketones (excluding diaryl/α,β-unsaturated/α-hetero) is 1. The van der Waals surface area contributed by atoms with E-state index in [-0.39, 0.29) is 18.1 Å². The average Bonchev–Trinajstić information content (AvgIpc) is 2.92. The van der Waals surface area contributed by atoms with Crippen LogP contribution in [0.1, 0.15) is 53.4 Å². The van der Waals surface area contributed by atoms with E-state index < -0.39 is 52.4 Å². The van der Waals surface area contributed by atoms with Crippen LogP contribution in [0.4, 0.5) is 13.2 Å². The second kappa shape index (κ2) is 6.94. The average molecular weight is 428 g/mol. The lowest BCUT2D eigenvalue weighted by molar-refractivity contribution is -0.229. The van der Waals surface area contributed by atoms with Crippen molar-refractivity contribution in [3.05, 3.63) is 24.8 Å². The number of ketones is 1. The molecule has 0 aromatic rings. The van der Waals surface area contributed by atoms with Crippen LogP contribution >= 0.6 is 0 Å². The highest BCUT2D eigenvalue weighted by atomic mass is 19.4. The SMILES string of the molecule is C=C[C@]1(C)C[C@@H](O)[C@]2(C)[C@H](C)CC[C@]3(CC(=C)C(=O)[C@H]32)[C@@H](C)[C@@H]1OC(=O)C(F)(F)F. The first-order valence-corrected chi connectivity index (χ1v) is 10.5. The number of hydrogen-bond acceptors (Lipinski definition) is 4. The van der Waals surface area contributed by atoms with E-state index in [0.29, 0.717) is 18.4 Å². The van der Waals surface area contributed by atoms with Gasteiger partial charge in [0.05, 0.1) is 6.10 Å². The molecule has 3 saturated carbocycles. The molecule has 7 heteroatoms. The van der Waals surface area contributed by atoms with Gasteiger partial charge in [0.1, 0.15) is 6.10 Å². The molecule has 0 spiro atoms. The smallest absolute Gasteiger partial charge is 0.454 e. The maximum atomic E-state index is 13.3. The summed E-state index contributed by atoms with van der Waals surface area (Å²) < 4.78 is 44.3. The summed E-state index contributed by atoms with van der Waals surface area (Å²) in [5.41, 5.74) is -2.14. The van der Waals surface area contributed by atoms with E-state index in [2.05, 4.69) is 13.2 Å². The highest BCUT2D eigenvalue weighted by Gasteiger charge is 2.69. The Bertz CT molecular complexity index is 790. The first-order valence-electron chi connectivity index (χ1n) is 10.5. The van der Waals surface area contributed by atoms with E-state index in [0.717, 1.165) is 6.42 Å². The van der Waals surface area contributed by atoms with Gasteiger partial charge in [-0.25, -0.2) is 4.79 Å². The second-order valence-electron chi connectivity index (χ2n) is 10.2. The van der Waals surface area contributed by atoms with Crippen LogP contribution in [-0.2, 0) is 14.3 Å². The molecule has 0 aromatic carbocycles. The Morgan fingerprint density at radius 2 is 1.90 bits per heavy atom. The molecule has 0 aromatic heterocycles. The van der Waals surface area contributed by atoms with Crippen molar-refractivity contribution in [2.75, 3.05) is 0 Å². The predicted molar refractivity (Wildman–Crippen MR) is 105 cm³/mol. The first-order chi connectivity index (χ1) is 13.6. The van der Waals surface area contributed by atoms with Crippen molar-refractivity contribution < 1.29 is 32.6 Å². The van der Waals surface area contributed by atoms with E-state index in [1.165, 1.54) is 6.08 Å². The molecule has 0 saturated heterocycles. The molecule has 2 bridgehead atoms. The van der Waals surface area contributed by atoms with Crippen molar-refractivity contribution in [1.29, 1.82) is 0 Å². The third-order valence-corrected chi connectivity index (χ3v) is 8.75. The molecule has 0 aliphatic heterocycles. The van der Waals surface area contributed by atoms with Gasteiger partial charge in [0.15, 0.2) is 5.78 Å². The summed E-state index contributed by atoms with van der Waals surface area (Å²) in [6.45, 7) is 15.1. The van der Waals surface area contributed by atoms with Gasteiger partial charge in [-0.1, -0.05) is 40.3 Å². The van der Waals surface area contributed by atoms with Crippen molar-refractivity contribution in [2.24, 2.45) is 34.0 Å². The molecule has 1 N–H and O–H groups in total. The van der Waals surface area contributed by atoms with Crippen molar-refractivity contribution in [2.45, 2.75) is 71.8 Å². The number of allylic oxidation sites excluding steroid dienone is 1. The van der Waals surface area contributed by atoms with Gasteiger partial charge in [0.2, 0.25) is 0 Å². The maximum Gasteiger partial charge on any atom is 0.490 e. The molecule has 0 heterocycles. The summed E-state index contributed by atoms with van der Waals surface area (Å²) in [6, 6.07) is 0. The number of rotatable bonds is 2. The molecule has 168 valence electrons. The van der Waals surface area contributed by atoms with E-state index in [1.807, 2.05) is 13.8 Å². The van der Waals surface area contributed by atoms with Gasteiger partial charge >= 0.3 is 12.1 Å². The lowest BCUT2D eigenvalue weighted by atomic mass is 9.44. The van der Waals surface area contributed by atoms with Crippen molar-refractivity contribution in [3.8, 4) is 0 Å². The van der Waals surface area contributed by atoms with Crippen LogP contribution in [0.25, 0.3) is 0 Å². The Balaban J connectivity index is 2.21. The molecule has 30 heavy (non-hydrogen) atoms. The zero-order valence-electron chi connectivity index (χ0n) is 18.0. The Morgan fingerprint density at radius 3 is 2.43 bits per heavy atom. The number of aliphatic hydroxyl groups excluding tert-OH is 1. The first kappa shape index (κ1) is 23.0. The molecule has 0 radical (unpaired) electrons. The summed E-state index contributed by atoms with van der Waals surface area (Å²) in [7, 11) is 0. The highest BCUT2D eigenvalue weighted by molar-refractivity contribution is 6.00. The standard InChI is InChI=1S/C23H31F3O4/c1-7-20(5)11-15(27)21(6)13(3)8-9-22(10-12(2)16(28)17(21)22)14(4)18(20)30-19(29)23(24,25)26/h7,13-15,17-18,27H,1-2,8-11H2,3-6H3/t13-,14+,15-,17+,18+,20-,21+,22+/m1/s1. The number of ether oxygens (including phenoxy) is 1. The van der Waals surface area contributed by atoms with Gasteiger partial charge in [-0.15, -0.1) is 6.58 Å². The molecule has 8 atom stereocenters. The largest absolute Gasteiger partial charge is 0.490 e. The molecule has 3 rings (SSSR count). The predicted octanol–water partition coefficient (Wildman–Crippen LogP) is 4.62. The Morgan fingerprint density at radius 1 is 1.30 bits per heavy atom. The molecule has 3 aliphatic rings. The maximum absolute atomic E-state index is 13.3. The zero-order valence-corrected chi connectivity index (χ0v) is 18.0. The second-order valence-corrected chi connectivity index (χ2v) is 10.2. The third-order valence-electron chi connectivity index (χ3n) is 8.75. The van der Waals surface area contributed by atoms with E-state index >= 15 is 0 Å². The molecule has 0 amide bonds. The van der Waals surface area contributed by atoms with Gasteiger partial charge < -0.3 is 9.84 Å². The molecule has 4 nitrogen and oxygen atoms in total. The Hall–Kier alpha value is -1.63. The van der Waals surface area contributed by atoms with Crippen LogP contribution in [-0.4, -0.2) is 35.2 Å². The van der Waals surface area contributed by atoms with Crippen molar-refractivity contribution in [1.82, 2.24) is 0 Å². The minimum Gasteiger partial charge on any atom is -0.454 e. The highest BCUT2D eigenvalue weighted by Crippen LogP contribution is 2.68. The van der Waals surface area contributed by atoms with Crippen LogP contribution in [0.5, 0.6) is 0 Å². The fraction of sp³-hybridized carbons (Fsp3) is 0.739. The summed E-state index contributed by atoms with van der Waals surface area (Å²) in [4.78, 5) is 25.1. The number of hydrogen-bond donors (Lipinski definition) is 1. The number of esters is 1. The van der Waals surface area contributed by atoms with Gasteiger partial charge in [-0.2, -0.15) is 13.2 Å². The lowest BCUT2D eigenvalue weighted by Gasteiger charge is -2.61. The summed E-state index contributed by atoms with van der Waals surface area (Å²) in [5.74, 6) is -3.48. The summed E-state index contributed by atoms with van der Waals surface area (Å²) in [5, 5.41) is 11.4. The minimum atomic E-state index is -5.13. The molecule has 0 unspecified atom stereocenters. The van der Waals surface area contributed by atoms with E-state index in [1.54, 1.807) is 13.8 Å². The van der Waals surface area contributed by atoms with Crippen LogP contribution in [0, 0.1) is 34.0 Å². The van der Waals surface area contributed by atoms with Gasteiger partial charge in [-0.05, 0) is 42.6 Å². The molecule has 3 aliphatic carbocycles. The fourth-order valence-corrected chi connectivity index (χ4v) is 6.68. The topological polar surface area (TPSA) is 63.6 Å². The van der Waals surface area contributed by atoms with Gasteiger partial charge in [-0.3, -0.25) is 4.79 Å². The molecule has 3 fully saturated rings. The van der Waals surface area contributed by atoms with Crippen LogP contribution in [0.15, 0.2) is 24.8 Å². The minimum absolute atomic E-state index is 0.0380. The zero-order chi connectivity index (χ0) is 22.9.